The third-order valence-electron chi connectivity index (χ3n) is 4.83. The first-order valence-electron chi connectivity index (χ1n) is 10.1. The maximum atomic E-state index is 5.66. The lowest BCUT2D eigenvalue weighted by Crippen LogP contribution is -2.49. The molecule has 28 heavy (non-hydrogen) atoms. The zero-order valence-corrected chi connectivity index (χ0v) is 21.3. The molecule has 1 aromatic rings. The molecule has 1 aromatic carbocycles. The maximum absolute atomic E-state index is 5.66. The van der Waals surface area contributed by atoms with E-state index in [0.717, 1.165) is 68.9 Å². The third kappa shape index (κ3) is 10.4. The fourth-order valence-electron chi connectivity index (χ4n) is 3.30. The number of aliphatic imine (C=N–C) groups is 1. The molecule has 0 aromatic heterocycles. The lowest BCUT2D eigenvalue weighted by Gasteiger charge is -2.33. The Morgan fingerprint density at radius 2 is 2.07 bits per heavy atom. The fraction of sp³-hybridized carbons (Fsp3) is 0.667. The molecule has 1 fully saturated rings. The Labute approximate surface area is 196 Å². The van der Waals surface area contributed by atoms with Crippen LogP contribution in [0, 0.1) is 0 Å². The quantitative estimate of drug-likeness (QED) is 0.205. The Morgan fingerprint density at radius 1 is 1.32 bits per heavy atom. The number of piperidine rings is 1. The van der Waals surface area contributed by atoms with E-state index in [1.807, 2.05) is 7.05 Å². The molecule has 0 atom stereocenters. The van der Waals surface area contributed by atoms with Gasteiger partial charge in [0.15, 0.2) is 5.96 Å². The van der Waals surface area contributed by atoms with Crippen molar-refractivity contribution < 1.29 is 4.74 Å². The van der Waals surface area contributed by atoms with Crippen LogP contribution in [0.15, 0.2) is 33.7 Å². The van der Waals surface area contributed by atoms with Crippen molar-refractivity contribution in [2.24, 2.45) is 4.99 Å². The zero-order valence-electron chi connectivity index (χ0n) is 17.4. The smallest absolute Gasteiger partial charge is 0.191 e. The monoisotopic (exact) mass is 566 g/mol. The molecule has 2 rings (SSSR count). The van der Waals surface area contributed by atoms with Gasteiger partial charge in [-0.1, -0.05) is 28.1 Å². The van der Waals surface area contributed by atoms with E-state index < -0.39 is 0 Å². The molecular formula is C21H36BrIN4O. The van der Waals surface area contributed by atoms with Crippen molar-refractivity contribution in [2.75, 3.05) is 39.8 Å². The van der Waals surface area contributed by atoms with Crippen LogP contribution in [0.3, 0.4) is 0 Å². The maximum Gasteiger partial charge on any atom is 0.191 e. The van der Waals surface area contributed by atoms with Crippen molar-refractivity contribution in [1.29, 1.82) is 0 Å². The second-order valence-electron chi connectivity index (χ2n) is 7.41. The standard InChI is InChI=1S/C21H35BrN4O.HI/c1-17(2)27-15-14-26-12-9-20(10-13-26)25-21(23-3)24-11-5-7-18-6-4-8-19(22)16-18;/h4,6,8,16-17,20H,5,7,9-15H2,1-3H3,(H2,23,24,25);1H. The molecule has 5 nitrogen and oxygen atoms in total. The van der Waals surface area contributed by atoms with Crippen LogP contribution in [0.25, 0.3) is 0 Å². The first-order valence-corrected chi connectivity index (χ1v) is 10.9. The second-order valence-corrected chi connectivity index (χ2v) is 8.33. The van der Waals surface area contributed by atoms with Gasteiger partial charge in [-0.15, -0.1) is 24.0 Å². The molecule has 0 amide bonds. The normalized spacial score (nSPS) is 16.1. The molecule has 7 heteroatoms. The average Bonchev–Trinajstić information content (AvgIpc) is 2.65. The summed E-state index contributed by atoms with van der Waals surface area (Å²) >= 11 is 3.53. The molecule has 0 bridgehead atoms. The topological polar surface area (TPSA) is 48.9 Å². The van der Waals surface area contributed by atoms with Crippen molar-refractivity contribution in [2.45, 2.75) is 51.7 Å². The van der Waals surface area contributed by atoms with Crippen molar-refractivity contribution in [3.8, 4) is 0 Å². The van der Waals surface area contributed by atoms with E-state index >= 15 is 0 Å². The summed E-state index contributed by atoms with van der Waals surface area (Å²) in [5.41, 5.74) is 1.36. The van der Waals surface area contributed by atoms with E-state index in [-0.39, 0.29) is 24.0 Å². The van der Waals surface area contributed by atoms with Crippen LogP contribution >= 0.6 is 39.9 Å². The summed E-state index contributed by atoms with van der Waals surface area (Å²) in [4.78, 5) is 6.88. The first-order chi connectivity index (χ1) is 13.1. The molecule has 1 saturated heterocycles. The highest BCUT2D eigenvalue weighted by molar-refractivity contribution is 14.0. The summed E-state index contributed by atoms with van der Waals surface area (Å²) in [5.74, 6) is 0.922. The number of nitrogens with zero attached hydrogens (tertiary/aromatic N) is 2. The van der Waals surface area contributed by atoms with Crippen LogP contribution in [0.4, 0.5) is 0 Å². The number of guanidine groups is 1. The third-order valence-corrected chi connectivity index (χ3v) is 5.33. The van der Waals surface area contributed by atoms with Gasteiger partial charge in [0.2, 0.25) is 0 Å². The highest BCUT2D eigenvalue weighted by atomic mass is 127. The van der Waals surface area contributed by atoms with E-state index in [1.54, 1.807) is 0 Å². The van der Waals surface area contributed by atoms with Crippen molar-refractivity contribution in [3.05, 3.63) is 34.3 Å². The summed E-state index contributed by atoms with van der Waals surface area (Å²) in [6.07, 6.45) is 4.79. The number of hydrogen-bond donors (Lipinski definition) is 2. The predicted octanol–water partition coefficient (Wildman–Crippen LogP) is 4.05. The number of aryl methyl sites for hydroxylation is 1. The molecule has 160 valence electrons. The highest BCUT2D eigenvalue weighted by Crippen LogP contribution is 2.13. The number of ether oxygens (including phenoxy) is 1. The predicted molar refractivity (Wildman–Crippen MR) is 133 cm³/mol. The first kappa shape index (κ1) is 25.7. The number of benzene rings is 1. The minimum absolute atomic E-state index is 0. The van der Waals surface area contributed by atoms with Gasteiger partial charge in [0, 0.05) is 43.7 Å². The van der Waals surface area contributed by atoms with Gasteiger partial charge in [0.1, 0.15) is 0 Å². The van der Waals surface area contributed by atoms with Crippen molar-refractivity contribution in [3.63, 3.8) is 0 Å². The molecule has 0 unspecified atom stereocenters. The van der Waals surface area contributed by atoms with Crippen LogP contribution in [0.1, 0.15) is 38.7 Å². The van der Waals surface area contributed by atoms with E-state index in [1.165, 1.54) is 5.56 Å². The fourth-order valence-corrected chi connectivity index (χ4v) is 3.74. The number of rotatable bonds is 9. The van der Waals surface area contributed by atoms with Gasteiger partial charge in [-0.25, -0.2) is 0 Å². The number of halogens is 2. The lowest BCUT2D eigenvalue weighted by molar-refractivity contribution is 0.0532. The Hall–Kier alpha value is -0.380. The minimum atomic E-state index is 0. The van der Waals surface area contributed by atoms with Crippen molar-refractivity contribution >= 4 is 45.9 Å². The molecular weight excluding hydrogens is 531 g/mol. The Morgan fingerprint density at radius 3 is 2.71 bits per heavy atom. The summed E-state index contributed by atoms with van der Waals surface area (Å²) in [7, 11) is 1.85. The molecule has 0 aliphatic carbocycles. The van der Waals surface area contributed by atoms with Gasteiger partial charge >= 0.3 is 0 Å². The zero-order chi connectivity index (χ0) is 19.5. The summed E-state index contributed by atoms with van der Waals surface area (Å²) in [6, 6.07) is 9.03. The van der Waals surface area contributed by atoms with Crippen molar-refractivity contribution in [1.82, 2.24) is 15.5 Å². The van der Waals surface area contributed by atoms with Crippen LogP contribution in [-0.4, -0.2) is 62.8 Å². The van der Waals surface area contributed by atoms with Crippen LogP contribution < -0.4 is 10.6 Å². The van der Waals surface area contributed by atoms with E-state index in [9.17, 15) is 0 Å². The average molecular weight is 567 g/mol. The van der Waals surface area contributed by atoms with E-state index in [0.29, 0.717) is 12.1 Å². The van der Waals surface area contributed by atoms with Gasteiger partial charge in [-0.2, -0.15) is 0 Å². The Balaban J connectivity index is 0.00000392. The largest absolute Gasteiger partial charge is 0.377 e. The number of likely N-dealkylation sites (tertiary alicyclic amines) is 1. The van der Waals surface area contributed by atoms with Gasteiger partial charge < -0.3 is 20.3 Å². The van der Waals surface area contributed by atoms with Gasteiger partial charge in [0.05, 0.1) is 12.7 Å². The van der Waals surface area contributed by atoms with Gasteiger partial charge in [-0.3, -0.25) is 4.99 Å². The molecule has 0 saturated carbocycles. The Kier molecular flexibility index (Phi) is 13.4. The number of nitrogens with one attached hydrogen (secondary N) is 2. The molecule has 2 N–H and O–H groups in total. The summed E-state index contributed by atoms with van der Waals surface area (Å²) in [6.45, 7) is 9.22. The van der Waals surface area contributed by atoms with Crippen LogP contribution in [-0.2, 0) is 11.2 Å². The second kappa shape index (κ2) is 14.6. The van der Waals surface area contributed by atoms with Crippen LogP contribution in [0.5, 0.6) is 0 Å². The number of hydrogen-bond acceptors (Lipinski definition) is 3. The molecule has 1 aliphatic heterocycles. The van der Waals surface area contributed by atoms with Gasteiger partial charge in [0.25, 0.3) is 0 Å². The molecule has 1 heterocycles. The summed E-state index contributed by atoms with van der Waals surface area (Å²) in [5, 5.41) is 7.03. The lowest BCUT2D eigenvalue weighted by atomic mass is 10.1. The van der Waals surface area contributed by atoms with E-state index in [2.05, 4.69) is 74.6 Å². The minimum Gasteiger partial charge on any atom is -0.377 e. The van der Waals surface area contributed by atoms with E-state index in [4.69, 9.17) is 4.74 Å². The SMILES string of the molecule is CN=C(NCCCc1cccc(Br)c1)NC1CCN(CCOC(C)C)CC1.I. The Bertz CT molecular complexity index is 577. The molecule has 0 spiro atoms. The van der Waals surface area contributed by atoms with Gasteiger partial charge in [-0.05, 0) is 57.2 Å². The molecule has 1 aliphatic rings. The van der Waals surface area contributed by atoms with Crippen LogP contribution in [0.2, 0.25) is 0 Å². The highest BCUT2D eigenvalue weighted by Gasteiger charge is 2.19. The molecule has 0 radical (unpaired) electrons. The summed E-state index contributed by atoms with van der Waals surface area (Å²) < 4.78 is 6.80.